The standard InChI is InChI=1S/C15H17FN2O4/c1-9(22-11-5-3-10(16)4-6-11)7-17-14(20)12-8-18(2)15(21)13(12)19/h3-6,9,12H,7-8H2,1-2H3,(H,17,20). The fourth-order valence-corrected chi connectivity index (χ4v) is 2.13. The Hall–Kier alpha value is -2.44. The fraction of sp³-hybridized carbons (Fsp3) is 0.400. The molecule has 0 saturated carbocycles. The summed E-state index contributed by atoms with van der Waals surface area (Å²) < 4.78 is 18.3. The first-order valence-corrected chi connectivity index (χ1v) is 6.87. The second-order valence-electron chi connectivity index (χ2n) is 5.23. The van der Waals surface area contributed by atoms with E-state index in [9.17, 15) is 18.8 Å². The number of carbonyl (C=O) groups is 3. The summed E-state index contributed by atoms with van der Waals surface area (Å²) in [5, 5.41) is 2.59. The lowest BCUT2D eigenvalue weighted by atomic mass is 10.1. The Balaban J connectivity index is 1.82. The second kappa shape index (κ2) is 6.55. The SMILES string of the molecule is CC(CNC(=O)C1CN(C)C(=O)C1=O)Oc1ccc(F)cc1. The summed E-state index contributed by atoms with van der Waals surface area (Å²) >= 11 is 0. The number of halogens is 1. The van der Waals surface area contributed by atoms with Gasteiger partial charge in [0.25, 0.3) is 5.91 Å². The molecule has 118 valence electrons. The molecular formula is C15H17FN2O4. The van der Waals surface area contributed by atoms with Crippen molar-refractivity contribution in [1.29, 1.82) is 0 Å². The number of Topliss-reactive ketones (excluding diaryl/α,β-unsaturated/α-hetero) is 1. The van der Waals surface area contributed by atoms with Crippen LogP contribution in [0.3, 0.4) is 0 Å². The highest BCUT2D eigenvalue weighted by molar-refractivity contribution is 6.42. The minimum absolute atomic E-state index is 0.0939. The molecule has 1 aromatic carbocycles. The van der Waals surface area contributed by atoms with Gasteiger partial charge in [0, 0.05) is 13.6 Å². The van der Waals surface area contributed by atoms with Gasteiger partial charge in [-0.2, -0.15) is 0 Å². The van der Waals surface area contributed by atoms with Gasteiger partial charge in [0.2, 0.25) is 11.7 Å². The molecule has 6 nitrogen and oxygen atoms in total. The van der Waals surface area contributed by atoms with E-state index >= 15 is 0 Å². The molecule has 2 amide bonds. The quantitative estimate of drug-likeness (QED) is 0.630. The molecule has 0 aliphatic carbocycles. The van der Waals surface area contributed by atoms with Gasteiger partial charge < -0.3 is 15.0 Å². The van der Waals surface area contributed by atoms with Crippen LogP contribution >= 0.6 is 0 Å². The van der Waals surface area contributed by atoms with E-state index in [0.29, 0.717) is 5.75 Å². The van der Waals surface area contributed by atoms with Gasteiger partial charge in [-0.05, 0) is 31.2 Å². The van der Waals surface area contributed by atoms with Crippen molar-refractivity contribution in [2.45, 2.75) is 13.0 Å². The molecular weight excluding hydrogens is 291 g/mol. The van der Waals surface area contributed by atoms with Crippen molar-refractivity contribution < 1.29 is 23.5 Å². The number of carbonyl (C=O) groups excluding carboxylic acids is 3. The molecule has 1 saturated heterocycles. The van der Waals surface area contributed by atoms with E-state index in [1.807, 2.05) is 0 Å². The number of ketones is 1. The number of likely N-dealkylation sites (tertiary alicyclic amines) is 1. The number of ether oxygens (including phenoxy) is 1. The molecule has 2 unspecified atom stereocenters. The first-order chi connectivity index (χ1) is 10.4. The van der Waals surface area contributed by atoms with Gasteiger partial charge in [-0.25, -0.2) is 4.39 Å². The van der Waals surface area contributed by atoms with Crippen molar-refractivity contribution in [3.8, 4) is 5.75 Å². The van der Waals surface area contributed by atoms with Crippen molar-refractivity contribution in [1.82, 2.24) is 10.2 Å². The first-order valence-electron chi connectivity index (χ1n) is 6.87. The summed E-state index contributed by atoms with van der Waals surface area (Å²) in [5.74, 6) is -2.66. The number of likely N-dealkylation sites (N-methyl/N-ethyl adjacent to an activating group) is 1. The van der Waals surface area contributed by atoms with E-state index < -0.39 is 23.5 Å². The van der Waals surface area contributed by atoms with E-state index in [2.05, 4.69) is 5.32 Å². The Bertz CT molecular complexity index is 588. The summed E-state index contributed by atoms with van der Waals surface area (Å²) in [7, 11) is 1.48. The van der Waals surface area contributed by atoms with E-state index in [4.69, 9.17) is 4.74 Å². The Kier molecular flexibility index (Phi) is 4.75. The van der Waals surface area contributed by atoms with Crippen LogP contribution in [0.4, 0.5) is 4.39 Å². The molecule has 1 fully saturated rings. The largest absolute Gasteiger partial charge is 0.489 e. The van der Waals surface area contributed by atoms with Crippen LogP contribution < -0.4 is 10.1 Å². The van der Waals surface area contributed by atoms with E-state index in [1.165, 1.54) is 36.2 Å². The molecule has 1 N–H and O–H groups in total. The van der Waals surface area contributed by atoms with Crippen LogP contribution in [0.2, 0.25) is 0 Å². The Morgan fingerprint density at radius 1 is 1.41 bits per heavy atom. The number of amides is 2. The van der Waals surface area contributed by atoms with Gasteiger partial charge >= 0.3 is 0 Å². The summed E-state index contributed by atoms with van der Waals surface area (Å²) in [4.78, 5) is 36.1. The molecule has 1 aliphatic heterocycles. The summed E-state index contributed by atoms with van der Waals surface area (Å²) in [6, 6.07) is 5.53. The summed E-state index contributed by atoms with van der Waals surface area (Å²) in [5.41, 5.74) is 0. The minimum Gasteiger partial charge on any atom is -0.489 e. The van der Waals surface area contributed by atoms with Crippen LogP contribution in [0.1, 0.15) is 6.92 Å². The maximum atomic E-state index is 12.8. The van der Waals surface area contributed by atoms with Crippen LogP contribution in [0.25, 0.3) is 0 Å². The molecule has 0 radical (unpaired) electrons. The molecule has 2 rings (SSSR count). The van der Waals surface area contributed by atoms with E-state index in [-0.39, 0.29) is 25.0 Å². The fourth-order valence-electron chi connectivity index (χ4n) is 2.13. The van der Waals surface area contributed by atoms with Gasteiger partial charge in [-0.3, -0.25) is 14.4 Å². The Morgan fingerprint density at radius 2 is 2.05 bits per heavy atom. The first kappa shape index (κ1) is 15.9. The van der Waals surface area contributed by atoms with Crippen molar-refractivity contribution in [2.24, 2.45) is 5.92 Å². The van der Waals surface area contributed by atoms with Crippen molar-refractivity contribution >= 4 is 17.6 Å². The summed E-state index contributed by atoms with van der Waals surface area (Å²) in [6.07, 6.45) is -0.362. The van der Waals surface area contributed by atoms with Gasteiger partial charge in [0.05, 0.1) is 6.54 Å². The molecule has 7 heteroatoms. The second-order valence-corrected chi connectivity index (χ2v) is 5.23. The van der Waals surface area contributed by atoms with Gasteiger partial charge in [0.15, 0.2) is 0 Å². The molecule has 2 atom stereocenters. The number of nitrogens with zero attached hydrogens (tertiary/aromatic N) is 1. The third kappa shape index (κ3) is 3.60. The van der Waals surface area contributed by atoms with E-state index in [1.54, 1.807) is 6.92 Å². The minimum atomic E-state index is -0.962. The third-order valence-electron chi connectivity index (χ3n) is 3.36. The Labute approximate surface area is 127 Å². The smallest absolute Gasteiger partial charge is 0.290 e. The van der Waals surface area contributed by atoms with E-state index in [0.717, 1.165) is 0 Å². The molecule has 0 bridgehead atoms. The predicted molar refractivity (Wildman–Crippen MR) is 75.6 cm³/mol. The number of hydrogen-bond donors (Lipinski definition) is 1. The zero-order valence-electron chi connectivity index (χ0n) is 12.3. The topological polar surface area (TPSA) is 75.7 Å². The lowest BCUT2D eigenvalue weighted by Crippen LogP contribution is -2.40. The molecule has 1 heterocycles. The molecule has 1 aromatic rings. The monoisotopic (exact) mass is 308 g/mol. The molecule has 1 aliphatic rings. The van der Waals surface area contributed by atoms with Crippen molar-refractivity contribution in [3.05, 3.63) is 30.1 Å². The number of rotatable bonds is 5. The number of benzene rings is 1. The highest BCUT2D eigenvalue weighted by Gasteiger charge is 2.41. The van der Waals surface area contributed by atoms with Gasteiger partial charge in [0.1, 0.15) is 23.6 Å². The van der Waals surface area contributed by atoms with Crippen molar-refractivity contribution in [2.75, 3.05) is 20.1 Å². The van der Waals surface area contributed by atoms with Crippen LogP contribution in [-0.4, -0.2) is 48.7 Å². The average Bonchev–Trinajstić information content (AvgIpc) is 2.75. The number of nitrogens with one attached hydrogen (secondary N) is 1. The van der Waals surface area contributed by atoms with Crippen LogP contribution in [-0.2, 0) is 14.4 Å². The van der Waals surface area contributed by atoms with Crippen molar-refractivity contribution in [3.63, 3.8) is 0 Å². The predicted octanol–water partition coefficient (Wildman–Crippen LogP) is 0.366. The van der Waals surface area contributed by atoms with Gasteiger partial charge in [-0.15, -0.1) is 0 Å². The van der Waals surface area contributed by atoms with Crippen LogP contribution in [0.15, 0.2) is 24.3 Å². The maximum Gasteiger partial charge on any atom is 0.290 e. The third-order valence-corrected chi connectivity index (χ3v) is 3.36. The maximum absolute atomic E-state index is 12.8. The highest BCUT2D eigenvalue weighted by atomic mass is 19.1. The lowest BCUT2D eigenvalue weighted by Gasteiger charge is -2.16. The summed E-state index contributed by atoms with van der Waals surface area (Å²) in [6.45, 7) is 2.01. The van der Waals surface area contributed by atoms with Crippen LogP contribution in [0.5, 0.6) is 5.75 Å². The number of hydrogen-bond acceptors (Lipinski definition) is 4. The lowest BCUT2D eigenvalue weighted by molar-refractivity contribution is -0.142. The van der Waals surface area contributed by atoms with Gasteiger partial charge in [-0.1, -0.05) is 0 Å². The zero-order valence-corrected chi connectivity index (χ0v) is 12.3. The molecule has 0 spiro atoms. The average molecular weight is 308 g/mol. The van der Waals surface area contributed by atoms with Crippen LogP contribution in [0, 0.1) is 11.7 Å². The highest BCUT2D eigenvalue weighted by Crippen LogP contribution is 2.14. The molecule has 22 heavy (non-hydrogen) atoms. The normalized spacial score (nSPS) is 19.2. The zero-order chi connectivity index (χ0) is 16.3. The Morgan fingerprint density at radius 3 is 2.59 bits per heavy atom. The molecule has 0 aromatic heterocycles.